The monoisotopic (exact) mass is 314 g/mol. The van der Waals surface area contributed by atoms with Crippen molar-refractivity contribution >= 4 is 16.9 Å². The Morgan fingerprint density at radius 2 is 2.22 bits per heavy atom. The van der Waals surface area contributed by atoms with Gasteiger partial charge in [-0.3, -0.25) is 4.79 Å². The zero-order chi connectivity index (χ0) is 16.4. The van der Waals surface area contributed by atoms with Crippen LogP contribution in [0.4, 0.5) is 5.95 Å². The summed E-state index contributed by atoms with van der Waals surface area (Å²) in [5.74, 6) is 6.75. The molecular formula is C15H18N6O2. The minimum Gasteiger partial charge on any atom is -0.497 e. The lowest BCUT2D eigenvalue weighted by atomic mass is 10.1. The third-order valence-electron chi connectivity index (χ3n) is 3.70. The van der Waals surface area contributed by atoms with Gasteiger partial charge in [-0.05, 0) is 37.1 Å². The molecule has 23 heavy (non-hydrogen) atoms. The Morgan fingerprint density at radius 1 is 1.39 bits per heavy atom. The molecule has 0 bridgehead atoms. The number of nitrogens with one attached hydrogen (secondary N) is 2. The Bertz CT molecular complexity index is 899. The molecule has 4 N–H and O–H groups in total. The van der Waals surface area contributed by atoms with Gasteiger partial charge in [0.2, 0.25) is 5.95 Å². The second-order valence-corrected chi connectivity index (χ2v) is 5.19. The Labute approximate surface area is 132 Å². The Hall–Kier alpha value is -3.03. The number of methoxy groups -OCH3 is 1. The number of nitrogen functional groups attached to an aromatic ring is 1. The summed E-state index contributed by atoms with van der Waals surface area (Å²) in [4.78, 5) is 14.9. The number of nitrogens with zero attached hydrogens (tertiary/aromatic N) is 3. The van der Waals surface area contributed by atoms with Crippen molar-refractivity contribution in [1.29, 1.82) is 0 Å². The Balaban J connectivity index is 1.74. The van der Waals surface area contributed by atoms with Gasteiger partial charge in [-0.15, -0.1) is 10.2 Å². The summed E-state index contributed by atoms with van der Waals surface area (Å²) in [5.41, 5.74) is 2.09. The molecule has 0 unspecified atom stereocenters. The smallest absolute Gasteiger partial charge is 0.295 e. The first-order valence-electron chi connectivity index (χ1n) is 7.19. The van der Waals surface area contributed by atoms with Crippen LogP contribution < -0.4 is 21.5 Å². The maximum atomic E-state index is 11.7. The SMILES string of the molecule is COc1ccc2[nH]cc(CCNc3nnc(C)c(=O)n3N)c2c1. The van der Waals surface area contributed by atoms with Gasteiger partial charge in [0.1, 0.15) is 11.4 Å². The summed E-state index contributed by atoms with van der Waals surface area (Å²) in [6.07, 6.45) is 2.69. The first-order valence-corrected chi connectivity index (χ1v) is 7.19. The molecule has 0 saturated heterocycles. The Morgan fingerprint density at radius 3 is 3.00 bits per heavy atom. The molecule has 0 saturated carbocycles. The van der Waals surface area contributed by atoms with Crippen LogP contribution in [0, 0.1) is 6.92 Å². The molecule has 0 aliphatic carbocycles. The fourth-order valence-electron chi connectivity index (χ4n) is 2.40. The average Bonchev–Trinajstić information content (AvgIpc) is 2.97. The normalized spacial score (nSPS) is 10.9. The number of hydrogen-bond donors (Lipinski definition) is 3. The molecule has 1 aromatic carbocycles. The highest BCUT2D eigenvalue weighted by atomic mass is 16.5. The zero-order valence-corrected chi connectivity index (χ0v) is 13.0. The van der Waals surface area contributed by atoms with E-state index in [0.29, 0.717) is 6.54 Å². The highest BCUT2D eigenvalue weighted by Crippen LogP contribution is 2.23. The number of H-pyrrole nitrogens is 1. The van der Waals surface area contributed by atoms with Crippen LogP contribution in [0.5, 0.6) is 5.75 Å². The van der Waals surface area contributed by atoms with Crippen molar-refractivity contribution in [3.63, 3.8) is 0 Å². The van der Waals surface area contributed by atoms with Crippen molar-refractivity contribution < 1.29 is 4.74 Å². The standard InChI is InChI=1S/C15H18N6O2/c1-9-14(22)21(16)15(20-19-9)17-6-5-10-8-18-13-4-3-11(23-2)7-12(10)13/h3-4,7-8,18H,5-6,16H2,1-2H3,(H,17,20). The van der Waals surface area contributed by atoms with Gasteiger partial charge < -0.3 is 20.9 Å². The van der Waals surface area contributed by atoms with Crippen LogP contribution in [0.1, 0.15) is 11.3 Å². The van der Waals surface area contributed by atoms with E-state index in [2.05, 4.69) is 20.5 Å². The molecule has 0 aliphatic rings. The molecule has 0 aliphatic heterocycles. The van der Waals surface area contributed by atoms with Gasteiger partial charge in [0.05, 0.1) is 7.11 Å². The van der Waals surface area contributed by atoms with Crippen molar-refractivity contribution in [2.24, 2.45) is 0 Å². The predicted molar refractivity (Wildman–Crippen MR) is 88.2 cm³/mol. The average molecular weight is 314 g/mol. The van der Waals surface area contributed by atoms with Crippen molar-refractivity contribution in [3.8, 4) is 5.75 Å². The second kappa shape index (κ2) is 5.99. The molecule has 0 amide bonds. The van der Waals surface area contributed by atoms with E-state index in [1.54, 1.807) is 14.0 Å². The summed E-state index contributed by atoms with van der Waals surface area (Å²) in [5, 5.41) is 11.8. The highest BCUT2D eigenvalue weighted by molar-refractivity contribution is 5.84. The molecule has 2 heterocycles. The van der Waals surface area contributed by atoms with E-state index in [-0.39, 0.29) is 17.2 Å². The van der Waals surface area contributed by atoms with E-state index < -0.39 is 0 Å². The van der Waals surface area contributed by atoms with Crippen molar-refractivity contribution in [3.05, 3.63) is 46.0 Å². The first-order chi connectivity index (χ1) is 11.1. The highest BCUT2D eigenvalue weighted by Gasteiger charge is 2.08. The largest absolute Gasteiger partial charge is 0.497 e. The molecule has 0 atom stereocenters. The number of aryl methyl sites for hydroxylation is 1. The molecule has 0 fully saturated rings. The number of ether oxygens (including phenoxy) is 1. The molecule has 8 heteroatoms. The van der Waals surface area contributed by atoms with Crippen LogP contribution in [0.15, 0.2) is 29.2 Å². The van der Waals surface area contributed by atoms with E-state index in [1.807, 2.05) is 24.4 Å². The van der Waals surface area contributed by atoms with Gasteiger partial charge in [-0.2, -0.15) is 4.68 Å². The van der Waals surface area contributed by atoms with E-state index >= 15 is 0 Å². The van der Waals surface area contributed by atoms with Crippen LogP contribution in [-0.4, -0.2) is 33.5 Å². The zero-order valence-electron chi connectivity index (χ0n) is 13.0. The summed E-state index contributed by atoms with van der Waals surface area (Å²) in [6.45, 7) is 2.14. The third kappa shape index (κ3) is 2.83. The lowest BCUT2D eigenvalue weighted by Crippen LogP contribution is -2.33. The first kappa shape index (κ1) is 14.9. The number of benzene rings is 1. The van der Waals surface area contributed by atoms with Crippen molar-refractivity contribution in [2.45, 2.75) is 13.3 Å². The maximum Gasteiger partial charge on any atom is 0.295 e. The summed E-state index contributed by atoms with van der Waals surface area (Å²) in [6, 6.07) is 5.88. The maximum absolute atomic E-state index is 11.7. The fraction of sp³-hybridized carbons (Fsp3) is 0.267. The number of rotatable bonds is 5. The van der Waals surface area contributed by atoms with Crippen LogP contribution in [0.3, 0.4) is 0 Å². The summed E-state index contributed by atoms with van der Waals surface area (Å²) >= 11 is 0. The second-order valence-electron chi connectivity index (χ2n) is 5.19. The molecule has 8 nitrogen and oxygen atoms in total. The number of aromatic nitrogens is 4. The minimum atomic E-state index is -0.362. The molecule has 120 valence electrons. The van der Waals surface area contributed by atoms with Gasteiger partial charge >= 0.3 is 0 Å². The van der Waals surface area contributed by atoms with E-state index in [0.717, 1.165) is 33.3 Å². The summed E-state index contributed by atoms with van der Waals surface area (Å²) < 4.78 is 6.23. The molecule has 3 aromatic rings. The molecule has 0 radical (unpaired) electrons. The molecule has 2 aromatic heterocycles. The number of aromatic amines is 1. The quantitative estimate of drug-likeness (QED) is 0.601. The van der Waals surface area contributed by atoms with E-state index in [4.69, 9.17) is 10.6 Å². The number of hydrogen-bond acceptors (Lipinski definition) is 6. The van der Waals surface area contributed by atoms with Gasteiger partial charge in [-0.1, -0.05) is 0 Å². The topological polar surface area (TPSA) is 111 Å². The minimum absolute atomic E-state index is 0.248. The van der Waals surface area contributed by atoms with Crippen LogP contribution >= 0.6 is 0 Å². The van der Waals surface area contributed by atoms with Crippen LogP contribution in [0.2, 0.25) is 0 Å². The van der Waals surface area contributed by atoms with Gasteiger partial charge in [0.15, 0.2) is 0 Å². The number of fused-ring (bicyclic) bond motifs is 1. The van der Waals surface area contributed by atoms with E-state index in [1.165, 1.54) is 0 Å². The van der Waals surface area contributed by atoms with Gasteiger partial charge in [0.25, 0.3) is 5.56 Å². The molecule has 3 rings (SSSR count). The van der Waals surface area contributed by atoms with Gasteiger partial charge in [0, 0.05) is 23.6 Å². The summed E-state index contributed by atoms with van der Waals surface area (Å²) in [7, 11) is 1.64. The number of nitrogens with two attached hydrogens (primary N) is 1. The number of anilines is 1. The molecule has 0 spiro atoms. The molecular weight excluding hydrogens is 296 g/mol. The Kier molecular flexibility index (Phi) is 3.88. The fourth-order valence-corrected chi connectivity index (χ4v) is 2.40. The van der Waals surface area contributed by atoms with Crippen LogP contribution in [-0.2, 0) is 6.42 Å². The van der Waals surface area contributed by atoms with Crippen LogP contribution in [0.25, 0.3) is 10.9 Å². The predicted octanol–water partition coefficient (Wildman–Crippen LogP) is 0.805. The van der Waals surface area contributed by atoms with E-state index in [9.17, 15) is 4.79 Å². The van der Waals surface area contributed by atoms with Crippen molar-refractivity contribution in [1.82, 2.24) is 19.9 Å². The lowest BCUT2D eigenvalue weighted by molar-refractivity contribution is 0.415. The third-order valence-corrected chi connectivity index (χ3v) is 3.70. The lowest BCUT2D eigenvalue weighted by Gasteiger charge is -2.08. The van der Waals surface area contributed by atoms with Gasteiger partial charge in [-0.25, -0.2) is 0 Å². The van der Waals surface area contributed by atoms with Crippen molar-refractivity contribution in [2.75, 3.05) is 24.8 Å².